The summed E-state index contributed by atoms with van der Waals surface area (Å²) in [6.07, 6.45) is 0. The van der Waals surface area contributed by atoms with Gasteiger partial charge in [-0.3, -0.25) is 4.90 Å². The fourth-order valence-electron chi connectivity index (χ4n) is 2.83. The molecule has 0 saturated carbocycles. The zero-order valence-electron chi connectivity index (χ0n) is 14.1. The normalized spacial score (nSPS) is 15.9. The topological polar surface area (TPSA) is 58.6 Å². The summed E-state index contributed by atoms with van der Waals surface area (Å²) in [5.74, 6) is -0.579. The number of ether oxygens (including phenoxy) is 1. The van der Waals surface area contributed by atoms with Crippen molar-refractivity contribution in [1.29, 1.82) is 0 Å². The largest absolute Gasteiger partial charge is 0.379 e. The lowest BCUT2D eigenvalue weighted by Crippen LogP contribution is -2.36. The van der Waals surface area contributed by atoms with Gasteiger partial charge in [0.1, 0.15) is 10.7 Å². The molecule has 0 unspecified atom stereocenters. The summed E-state index contributed by atoms with van der Waals surface area (Å²) in [6.45, 7) is 3.99. The van der Waals surface area contributed by atoms with Gasteiger partial charge in [0.05, 0.1) is 18.2 Å². The second-order valence-electron chi connectivity index (χ2n) is 6.06. The van der Waals surface area contributed by atoms with E-state index in [2.05, 4.69) is 9.62 Å². The molecule has 1 saturated heterocycles. The standard InChI is InChI=1S/C18H20ClFN2O3S/c19-17-11-16(20)5-6-18(17)26(23,24)21-12-14-3-1-2-4-15(14)13-22-7-9-25-10-8-22/h1-6,11,21H,7-10,12-13H2. The van der Waals surface area contributed by atoms with Gasteiger partial charge in [0.2, 0.25) is 10.0 Å². The summed E-state index contributed by atoms with van der Waals surface area (Å²) in [5.41, 5.74) is 1.95. The molecule has 1 fully saturated rings. The molecule has 0 aliphatic carbocycles. The average molecular weight is 399 g/mol. The van der Waals surface area contributed by atoms with E-state index in [1.165, 1.54) is 6.07 Å². The maximum atomic E-state index is 13.1. The number of hydrogen-bond acceptors (Lipinski definition) is 4. The molecule has 0 amide bonds. The average Bonchev–Trinajstić information content (AvgIpc) is 2.61. The highest BCUT2D eigenvalue weighted by Crippen LogP contribution is 2.22. The fraction of sp³-hybridized carbons (Fsp3) is 0.333. The minimum atomic E-state index is -3.84. The number of hydrogen-bond donors (Lipinski definition) is 1. The molecule has 2 aromatic rings. The van der Waals surface area contributed by atoms with Crippen molar-refractivity contribution in [1.82, 2.24) is 9.62 Å². The van der Waals surface area contributed by atoms with Crippen LogP contribution in [0.5, 0.6) is 0 Å². The molecule has 1 N–H and O–H groups in total. The Morgan fingerprint density at radius 2 is 1.81 bits per heavy atom. The summed E-state index contributed by atoms with van der Waals surface area (Å²) in [5, 5.41) is -0.140. The molecule has 2 aromatic carbocycles. The number of nitrogens with one attached hydrogen (secondary N) is 1. The van der Waals surface area contributed by atoms with Crippen LogP contribution in [0.4, 0.5) is 4.39 Å². The van der Waals surface area contributed by atoms with Gasteiger partial charge >= 0.3 is 0 Å². The molecule has 0 radical (unpaired) electrons. The van der Waals surface area contributed by atoms with E-state index in [1.807, 2.05) is 24.3 Å². The van der Waals surface area contributed by atoms with Crippen LogP contribution in [0.25, 0.3) is 0 Å². The van der Waals surface area contributed by atoms with Gasteiger partial charge in [-0.15, -0.1) is 0 Å². The maximum Gasteiger partial charge on any atom is 0.242 e. The number of morpholine rings is 1. The third kappa shape index (κ3) is 4.81. The number of benzene rings is 2. The Morgan fingerprint density at radius 3 is 2.50 bits per heavy atom. The first kappa shape index (κ1) is 19.3. The molecule has 1 heterocycles. The highest BCUT2D eigenvalue weighted by molar-refractivity contribution is 7.89. The predicted octanol–water partition coefficient (Wildman–Crippen LogP) is 2.79. The molecule has 5 nitrogen and oxygen atoms in total. The molecule has 3 rings (SSSR count). The van der Waals surface area contributed by atoms with Crippen molar-refractivity contribution >= 4 is 21.6 Å². The Labute approximate surface area is 157 Å². The Kier molecular flexibility index (Phi) is 6.26. The van der Waals surface area contributed by atoms with Gasteiger partial charge < -0.3 is 4.74 Å². The van der Waals surface area contributed by atoms with Gasteiger partial charge in [-0.2, -0.15) is 0 Å². The van der Waals surface area contributed by atoms with Crippen LogP contribution in [-0.2, 0) is 27.8 Å². The molecule has 8 heteroatoms. The predicted molar refractivity (Wildman–Crippen MR) is 98.0 cm³/mol. The second-order valence-corrected chi connectivity index (χ2v) is 8.20. The molecular formula is C18H20ClFN2O3S. The quantitative estimate of drug-likeness (QED) is 0.812. The number of nitrogens with zero attached hydrogens (tertiary/aromatic N) is 1. The highest BCUT2D eigenvalue weighted by Gasteiger charge is 2.19. The summed E-state index contributed by atoms with van der Waals surface area (Å²) < 4.78 is 46.0. The molecule has 0 aromatic heterocycles. The number of sulfonamides is 1. The smallest absolute Gasteiger partial charge is 0.242 e. The first-order chi connectivity index (χ1) is 12.5. The van der Waals surface area contributed by atoms with Crippen LogP contribution in [-0.4, -0.2) is 39.6 Å². The molecule has 1 aliphatic rings. The Hall–Kier alpha value is -1.51. The van der Waals surface area contributed by atoms with Crippen molar-refractivity contribution < 1.29 is 17.5 Å². The van der Waals surface area contributed by atoms with Crippen LogP contribution in [0.3, 0.4) is 0 Å². The van der Waals surface area contributed by atoms with Gasteiger partial charge in [-0.05, 0) is 29.3 Å². The van der Waals surface area contributed by atoms with Gasteiger partial charge in [-0.1, -0.05) is 35.9 Å². The molecule has 26 heavy (non-hydrogen) atoms. The van der Waals surface area contributed by atoms with Gasteiger partial charge in [-0.25, -0.2) is 17.5 Å². The molecule has 0 bridgehead atoms. The van der Waals surface area contributed by atoms with E-state index in [0.717, 1.165) is 42.9 Å². The van der Waals surface area contributed by atoms with Crippen molar-refractivity contribution in [3.63, 3.8) is 0 Å². The van der Waals surface area contributed by atoms with Gasteiger partial charge in [0, 0.05) is 26.2 Å². The van der Waals surface area contributed by atoms with E-state index < -0.39 is 15.8 Å². The molecule has 140 valence electrons. The summed E-state index contributed by atoms with van der Waals surface area (Å²) >= 11 is 5.88. The van der Waals surface area contributed by atoms with E-state index >= 15 is 0 Å². The Morgan fingerprint density at radius 1 is 1.12 bits per heavy atom. The van der Waals surface area contributed by atoms with Crippen molar-refractivity contribution in [2.75, 3.05) is 26.3 Å². The van der Waals surface area contributed by atoms with Crippen LogP contribution < -0.4 is 4.72 Å². The fourth-order valence-corrected chi connectivity index (χ4v) is 4.36. The molecule has 0 atom stereocenters. The third-order valence-electron chi connectivity index (χ3n) is 4.25. The number of rotatable bonds is 6. The first-order valence-electron chi connectivity index (χ1n) is 8.27. The SMILES string of the molecule is O=S(=O)(NCc1ccccc1CN1CCOCC1)c1ccc(F)cc1Cl. The van der Waals surface area contributed by atoms with Crippen molar-refractivity contribution in [3.05, 3.63) is 64.4 Å². The van der Waals surface area contributed by atoms with Crippen molar-refractivity contribution in [3.8, 4) is 0 Å². The molecule has 1 aliphatic heterocycles. The van der Waals surface area contributed by atoms with Crippen LogP contribution in [0, 0.1) is 5.82 Å². The van der Waals surface area contributed by atoms with Gasteiger partial charge in [0.25, 0.3) is 0 Å². The third-order valence-corrected chi connectivity index (χ3v) is 6.14. The molecular weight excluding hydrogens is 379 g/mol. The second kappa shape index (κ2) is 8.45. The minimum absolute atomic E-state index is 0.133. The Bertz CT molecular complexity index is 870. The zero-order valence-corrected chi connectivity index (χ0v) is 15.7. The monoisotopic (exact) mass is 398 g/mol. The van der Waals surface area contributed by atoms with Crippen LogP contribution in [0.2, 0.25) is 5.02 Å². The molecule has 0 spiro atoms. The maximum absolute atomic E-state index is 13.1. The van der Waals surface area contributed by atoms with E-state index in [-0.39, 0.29) is 16.5 Å². The first-order valence-corrected chi connectivity index (χ1v) is 10.1. The van der Waals surface area contributed by atoms with Gasteiger partial charge in [0.15, 0.2) is 0 Å². The van der Waals surface area contributed by atoms with E-state index in [1.54, 1.807) is 0 Å². The van der Waals surface area contributed by atoms with Crippen LogP contribution >= 0.6 is 11.6 Å². The van der Waals surface area contributed by atoms with E-state index in [9.17, 15) is 12.8 Å². The summed E-state index contributed by atoms with van der Waals surface area (Å²) in [4.78, 5) is 2.14. The van der Waals surface area contributed by atoms with Crippen molar-refractivity contribution in [2.24, 2.45) is 0 Å². The van der Waals surface area contributed by atoms with E-state index in [0.29, 0.717) is 13.2 Å². The lowest BCUT2D eigenvalue weighted by atomic mass is 10.1. The van der Waals surface area contributed by atoms with Crippen LogP contribution in [0.1, 0.15) is 11.1 Å². The minimum Gasteiger partial charge on any atom is -0.379 e. The van der Waals surface area contributed by atoms with Crippen molar-refractivity contribution in [2.45, 2.75) is 18.0 Å². The summed E-state index contributed by atoms with van der Waals surface area (Å²) in [7, 11) is -3.84. The lowest BCUT2D eigenvalue weighted by Gasteiger charge is -2.27. The van der Waals surface area contributed by atoms with Crippen LogP contribution in [0.15, 0.2) is 47.4 Å². The Balaban J connectivity index is 1.72. The number of halogens is 2. The highest BCUT2D eigenvalue weighted by atomic mass is 35.5. The van der Waals surface area contributed by atoms with E-state index in [4.69, 9.17) is 16.3 Å². The lowest BCUT2D eigenvalue weighted by molar-refractivity contribution is 0.0341. The summed E-state index contributed by atoms with van der Waals surface area (Å²) in [6, 6.07) is 10.9. The zero-order chi connectivity index (χ0) is 18.6.